The highest BCUT2D eigenvalue weighted by Crippen LogP contribution is 2.29. The molecule has 0 aliphatic heterocycles. The SMILES string of the molecule is COc1ccc(C(=O)N(C)C2CC2)cc1Br. The molecule has 0 radical (unpaired) electrons. The molecule has 0 bridgehead atoms. The predicted molar refractivity (Wildman–Crippen MR) is 65.8 cm³/mol. The summed E-state index contributed by atoms with van der Waals surface area (Å²) in [6.07, 6.45) is 2.25. The van der Waals surface area contributed by atoms with E-state index < -0.39 is 0 Å². The van der Waals surface area contributed by atoms with Crippen LogP contribution in [0.25, 0.3) is 0 Å². The molecule has 0 heterocycles. The molecule has 86 valence electrons. The standard InChI is InChI=1S/C12H14BrNO2/c1-14(9-4-5-9)12(15)8-3-6-11(16-2)10(13)7-8/h3,6-7,9H,4-5H2,1-2H3. The van der Waals surface area contributed by atoms with Gasteiger partial charge in [-0.1, -0.05) is 0 Å². The molecule has 1 aliphatic rings. The molecule has 16 heavy (non-hydrogen) atoms. The van der Waals surface area contributed by atoms with Crippen LogP contribution in [0.1, 0.15) is 23.2 Å². The van der Waals surface area contributed by atoms with Crippen molar-refractivity contribution in [1.82, 2.24) is 4.90 Å². The van der Waals surface area contributed by atoms with Crippen LogP contribution in [0.15, 0.2) is 22.7 Å². The van der Waals surface area contributed by atoms with Gasteiger partial charge in [-0.05, 0) is 47.0 Å². The third-order valence-corrected chi connectivity index (χ3v) is 3.43. The number of benzene rings is 1. The average molecular weight is 284 g/mol. The fourth-order valence-electron chi connectivity index (χ4n) is 1.63. The summed E-state index contributed by atoms with van der Waals surface area (Å²) < 4.78 is 5.94. The van der Waals surface area contributed by atoms with Crippen molar-refractivity contribution >= 4 is 21.8 Å². The van der Waals surface area contributed by atoms with Gasteiger partial charge < -0.3 is 9.64 Å². The normalized spacial score (nSPS) is 14.7. The molecule has 1 aromatic rings. The molecule has 1 aromatic carbocycles. The Kier molecular flexibility index (Phi) is 3.19. The first-order valence-corrected chi connectivity index (χ1v) is 6.03. The van der Waals surface area contributed by atoms with E-state index in [2.05, 4.69) is 15.9 Å². The summed E-state index contributed by atoms with van der Waals surface area (Å²) in [5.41, 5.74) is 0.696. The van der Waals surface area contributed by atoms with E-state index in [0.717, 1.165) is 23.1 Å². The van der Waals surface area contributed by atoms with Crippen molar-refractivity contribution in [3.05, 3.63) is 28.2 Å². The van der Waals surface area contributed by atoms with E-state index >= 15 is 0 Å². The first-order chi connectivity index (χ1) is 7.63. The number of methoxy groups -OCH3 is 1. The first-order valence-electron chi connectivity index (χ1n) is 5.24. The molecule has 1 aliphatic carbocycles. The molecular weight excluding hydrogens is 270 g/mol. The summed E-state index contributed by atoms with van der Waals surface area (Å²) in [4.78, 5) is 13.9. The molecule has 0 atom stereocenters. The van der Waals surface area contributed by atoms with Gasteiger partial charge in [-0.15, -0.1) is 0 Å². The van der Waals surface area contributed by atoms with Crippen molar-refractivity contribution in [2.45, 2.75) is 18.9 Å². The van der Waals surface area contributed by atoms with Crippen LogP contribution in [0.4, 0.5) is 0 Å². The summed E-state index contributed by atoms with van der Waals surface area (Å²) in [5, 5.41) is 0. The van der Waals surface area contributed by atoms with Crippen LogP contribution in [-0.2, 0) is 0 Å². The monoisotopic (exact) mass is 283 g/mol. The number of nitrogens with zero attached hydrogens (tertiary/aromatic N) is 1. The zero-order valence-corrected chi connectivity index (χ0v) is 11.0. The van der Waals surface area contributed by atoms with Gasteiger partial charge in [0.25, 0.3) is 5.91 Å². The zero-order chi connectivity index (χ0) is 11.7. The Morgan fingerprint density at radius 1 is 1.50 bits per heavy atom. The highest BCUT2D eigenvalue weighted by molar-refractivity contribution is 9.10. The lowest BCUT2D eigenvalue weighted by molar-refractivity contribution is 0.0785. The summed E-state index contributed by atoms with van der Waals surface area (Å²) in [5.74, 6) is 0.816. The summed E-state index contributed by atoms with van der Waals surface area (Å²) >= 11 is 3.38. The van der Waals surface area contributed by atoms with E-state index in [1.807, 2.05) is 11.9 Å². The zero-order valence-electron chi connectivity index (χ0n) is 9.37. The molecule has 1 amide bonds. The number of carbonyl (C=O) groups is 1. The molecule has 1 saturated carbocycles. The Hall–Kier alpha value is -1.03. The lowest BCUT2D eigenvalue weighted by atomic mass is 10.2. The minimum Gasteiger partial charge on any atom is -0.496 e. The molecular formula is C12H14BrNO2. The van der Waals surface area contributed by atoms with Gasteiger partial charge in [0.15, 0.2) is 0 Å². The number of amides is 1. The van der Waals surface area contributed by atoms with Crippen LogP contribution in [0.2, 0.25) is 0 Å². The number of rotatable bonds is 3. The highest BCUT2D eigenvalue weighted by atomic mass is 79.9. The van der Waals surface area contributed by atoms with Crippen molar-refractivity contribution in [2.75, 3.05) is 14.2 Å². The Bertz CT molecular complexity index is 415. The number of hydrogen-bond acceptors (Lipinski definition) is 2. The minimum absolute atomic E-state index is 0.0749. The van der Waals surface area contributed by atoms with Crippen LogP contribution < -0.4 is 4.74 Å². The second-order valence-corrected chi connectivity index (χ2v) is 4.85. The minimum atomic E-state index is 0.0749. The van der Waals surface area contributed by atoms with Crippen LogP contribution >= 0.6 is 15.9 Å². The summed E-state index contributed by atoms with van der Waals surface area (Å²) in [6.45, 7) is 0. The maximum atomic E-state index is 12.0. The Morgan fingerprint density at radius 2 is 2.19 bits per heavy atom. The summed E-state index contributed by atoms with van der Waals surface area (Å²) in [7, 11) is 3.47. The van der Waals surface area contributed by atoms with Gasteiger partial charge in [-0.3, -0.25) is 4.79 Å². The van der Waals surface area contributed by atoms with Crippen molar-refractivity contribution in [3.8, 4) is 5.75 Å². The average Bonchev–Trinajstić information content (AvgIpc) is 3.11. The van der Waals surface area contributed by atoms with E-state index in [4.69, 9.17) is 4.74 Å². The van der Waals surface area contributed by atoms with Gasteiger partial charge in [-0.25, -0.2) is 0 Å². The third-order valence-electron chi connectivity index (χ3n) is 2.81. The van der Waals surface area contributed by atoms with Crippen molar-refractivity contribution < 1.29 is 9.53 Å². The highest BCUT2D eigenvalue weighted by Gasteiger charge is 2.30. The lowest BCUT2D eigenvalue weighted by Gasteiger charge is -2.16. The first kappa shape index (κ1) is 11.5. The number of halogens is 1. The molecule has 1 fully saturated rings. The molecule has 0 aromatic heterocycles. The van der Waals surface area contributed by atoms with Crippen LogP contribution in [0, 0.1) is 0 Å². The number of hydrogen-bond donors (Lipinski definition) is 0. The molecule has 0 saturated heterocycles. The fraction of sp³-hybridized carbons (Fsp3) is 0.417. The molecule has 3 nitrogen and oxygen atoms in total. The van der Waals surface area contributed by atoms with E-state index in [9.17, 15) is 4.79 Å². The number of ether oxygens (including phenoxy) is 1. The van der Waals surface area contributed by atoms with Gasteiger partial charge in [0.2, 0.25) is 0 Å². The van der Waals surface area contributed by atoms with Crippen molar-refractivity contribution in [2.24, 2.45) is 0 Å². The molecule has 4 heteroatoms. The second kappa shape index (κ2) is 4.45. The largest absolute Gasteiger partial charge is 0.496 e. The van der Waals surface area contributed by atoms with Gasteiger partial charge in [0.05, 0.1) is 11.6 Å². The lowest BCUT2D eigenvalue weighted by Crippen LogP contribution is -2.28. The van der Waals surface area contributed by atoms with E-state index in [-0.39, 0.29) is 5.91 Å². The van der Waals surface area contributed by atoms with Crippen molar-refractivity contribution in [1.29, 1.82) is 0 Å². The molecule has 0 N–H and O–H groups in total. The third kappa shape index (κ3) is 2.21. The van der Waals surface area contributed by atoms with Gasteiger partial charge >= 0.3 is 0 Å². The van der Waals surface area contributed by atoms with Gasteiger partial charge in [0.1, 0.15) is 5.75 Å². The van der Waals surface area contributed by atoms with Crippen molar-refractivity contribution in [3.63, 3.8) is 0 Å². The van der Waals surface area contributed by atoms with E-state index in [0.29, 0.717) is 11.6 Å². The van der Waals surface area contributed by atoms with Gasteiger partial charge in [-0.2, -0.15) is 0 Å². The predicted octanol–water partition coefficient (Wildman–Crippen LogP) is 2.69. The van der Waals surface area contributed by atoms with E-state index in [1.54, 1.807) is 25.3 Å². The van der Waals surface area contributed by atoms with E-state index in [1.165, 1.54) is 0 Å². The Balaban J connectivity index is 2.20. The fourth-order valence-corrected chi connectivity index (χ4v) is 2.17. The molecule has 0 unspecified atom stereocenters. The van der Waals surface area contributed by atoms with Crippen LogP contribution in [0.5, 0.6) is 5.75 Å². The number of carbonyl (C=O) groups excluding carboxylic acids is 1. The topological polar surface area (TPSA) is 29.5 Å². The second-order valence-electron chi connectivity index (χ2n) is 4.00. The molecule has 0 spiro atoms. The molecule has 2 rings (SSSR count). The maximum Gasteiger partial charge on any atom is 0.253 e. The Morgan fingerprint density at radius 3 is 2.69 bits per heavy atom. The summed E-state index contributed by atoms with van der Waals surface area (Å²) in [6, 6.07) is 5.84. The maximum absolute atomic E-state index is 12.0. The Labute approximate surface area is 104 Å². The van der Waals surface area contributed by atoms with Crippen LogP contribution in [-0.4, -0.2) is 31.0 Å². The van der Waals surface area contributed by atoms with Gasteiger partial charge in [0, 0.05) is 18.7 Å². The van der Waals surface area contributed by atoms with Crippen LogP contribution in [0.3, 0.4) is 0 Å². The quantitative estimate of drug-likeness (QED) is 0.854. The smallest absolute Gasteiger partial charge is 0.253 e.